The second-order valence-electron chi connectivity index (χ2n) is 5.20. The summed E-state index contributed by atoms with van der Waals surface area (Å²) in [5.74, 6) is -1.85. The quantitative estimate of drug-likeness (QED) is 0.701. The van der Waals surface area contributed by atoms with E-state index in [4.69, 9.17) is 9.15 Å². The fraction of sp³-hybridized carbons (Fsp3) is 0.111. The van der Waals surface area contributed by atoms with Gasteiger partial charge in [-0.2, -0.15) is 0 Å². The van der Waals surface area contributed by atoms with E-state index in [0.717, 1.165) is 0 Å². The van der Waals surface area contributed by atoms with Crippen LogP contribution in [-0.4, -0.2) is 36.5 Å². The molecule has 0 aliphatic heterocycles. The van der Waals surface area contributed by atoms with Crippen LogP contribution in [0.4, 0.5) is 5.69 Å². The Bertz CT molecular complexity index is 978. The molecule has 1 aromatic heterocycles. The third-order valence-corrected chi connectivity index (χ3v) is 3.51. The summed E-state index contributed by atoms with van der Waals surface area (Å²) in [5.41, 5.74) is 1.75. The summed E-state index contributed by atoms with van der Waals surface area (Å²) in [6.45, 7) is -0.511. The Morgan fingerprint density at radius 1 is 1.12 bits per heavy atom. The van der Waals surface area contributed by atoms with Gasteiger partial charge in [0.25, 0.3) is 5.91 Å². The summed E-state index contributed by atoms with van der Waals surface area (Å²) in [6.07, 6.45) is 1.27. The van der Waals surface area contributed by atoms with Gasteiger partial charge in [0, 0.05) is 0 Å². The number of hydrogen-bond acceptors (Lipinski definition) is 7. The summed E-state index contributed by atoms with van der Waals surface area (Å²) in [6, 6.07) is 11.0. The molecule has 0 spiro atoms. The zero-order chi connectivity index (χ0) is 18.5. The second-order valence-corrected chi connectivity index (χ2v) is 5.20. The first-order valence-electron chi connectivity index (χ1n) is 7.56. The molecule has 26 heavy (non-hydrogen) atoms. The van der Waals surface area contributed by atoms with E-state index in [2.05, 4.69) is 15.0 Å². The van der Waals surface area contributed by atoms with Gasteiger partial charge < -0.3 is 19.2 Å². The first kappa shape index (κ1) is 17.2. The Hall–Kier alpha value is -3.68. The van der Waals surface area contributed by atoms with E-state index in [1.165, 1.54) is 31.7 Å². The van der Waals surface area contributed by atoms with Crippen molar-refractivity contribution in [2.24, 2.45) is 0 Å². The average molecular weight is 354 g/mol. The van der Waals surface area contributed by atoms with Crippen molar-refractivity contribution in [3.05, 3.63) is 60.0 Å². The lowest BCUT2D eigenvalue weighted by Gasteiger charge is -2.10. The first-order chi connectivity index (χ1) is 12.6. The number of nitrogens with zero attached hydrogens (tertiary/aromatic N) is 1. The molecule has 0 aliphatic rings. The third kappa shape index (κ3) is 3.69. The van der Waals surface area contributed by atoms with E-state index >= 15 is 0 Å². The molecule has 2 aromatic carbocycles. The Morgan fingerprint density at radius 3 is 2.73 bits per heavy atom. The predicted octanol–water partition coefficient (Wildman–Crippen LogP) is 2.41. The minimum absolute atomic E-state index is 0.199. The molecule has 0 fully saturated rings. The normalized spacial score (nSPS) is 10.3. The minimum atomic E-state index is -0.681. The largest absolute Gasteiger partial charge is 0.465 e. The van der Waals surface area contributed by atoms with Gasteiger partial charge in [-0.25, -0.2) is 14.6 Å². The number of fused-ring (bicyclic) bond motifs is 1. The van der Waals surface area contributed by atoms with Gasteiger partial charge in [0.15, 0.2) is 18.6 Å². The monoisotopic (exact) mass is 354 g/mol. The average Bonchev–Trinajstić information content (AvgIpc) is 3.13. The summed E-state index contributed by atoms with van der Waals surface area (Å²) >= 11 is 0. The van der Waals surface area contributed by atoms with Gasteiger partial charge in [-0.05, 0) is 30.3 Å². The van der Waals surface area contributed by atoms with Gasteiger partial charge in [0.05, 0.1) is 23.9 Å². The van der Waals surface area contributed by atoms with Gasteiger partial charge in [0.1, 0.15) is 5.52 Å². The van der Waals surface area contributed by atoms with Crippen LogP contribution in [0.5, 0.6) is 0 Å². The highest BCUT2D eigenvalue weighted by Gasteiger charge is 2.15. The molecule has 132 valence electrons. The second kappa shape index (κ2) is 7.47. The molecule has 0 saturated carbocycles. The van der Waals surface area contributed by atoms with Crippen molar-refractivity contribution in [1.82, 2.24) is 4.98 Å². The smallest absolute Gasteiger partial charge is 0.339 e. The zero-order valence-electron chi connectivity index (χ0n) is 13.7. The van der Waals surface area contributed by atoms with Gasteiger partial charge in [-0.15, -0.1) is 0 Å². The number of rotatable bonds is 5. The summed E-state index contributed by atoms with van der Waals surface area (Å²) in [4.78, 5) is 39.7. The summed E-state index contributed by atoms with van der Waals surface area (Å²) in [7, 11) is 1.24. The highest BCUT2D eigenvalue weighted by molar-refractivity contribution is 6.02. The first-order valence-corrected chi connectivity index (χ1v) is 7.56. The molecule has 0 aliphatic carbocycles. The number of benzene rings is 2. The third-order valence-electron chi connectivity index (χ3n) is 3.51. The number of aromatic nitrogens is 1. The number of esters is 2. The lowest BCUT2D eigenvalue weighted by Crippen LogP contribution is -2.22. The van der Waals surface area contributed by atoms with Crippen LogP contribution in [0.25, 0.3) is 11.1 Å². The minimum Gasteiger partial charge on any atom is -0.465 e. The summed E-state index contributed by atoms with van der Waals surface area (Å²) < 4.78 is 14.8. The number of para-hydroxylation sites is 1. The van der Waals surface area contributed by atoms with Crippen molar-refractivity contribution in [3.63, 3.8) is 0 Å². The van der Waals surface area contributed by atoms with Crippen LogP contribution in [-0.2, 0) is 14.3 Å². The zero-order valence-corrected chi connectivity index (χ0v) is 13.7. The van der Waals surface area contributed by atoms with Crippen LogP contribution in [0.15, 0.2) is 53.3 Å². The van der Waals surface area contributed by atoms with Crippen LogP contribution in [0.3, 0.4) is 0 Å². The van der Waals surface area contributed by atoms with Crippen LogP contribution in [0.1, 0.15) is 20.7 Å². The molecule has 1 heterocycles. The molecule has 0 bridgehead atoms. The maximum absolute atomic E-state index is 12.1. The van der Waals surface area contributed by atoms with Crippen molar-refractivity contribution in [1.29, 1.82) is 0 Å². The van der Waals surface area contributed by atoms with Gasteiger partial charge >= 0.3 is 11.9 Å². The highest BCUT2D eigenvalue weighted by Crippen LogP contribution is 2.17. The number of nitrogens with one attached hydrogen (secondary N) is 1. The number of hydrogen-bond donors (Lipinski definition) is 1. The standard InChI is InChI=1S/C18H14N2O6/c1-24-18(23)12-4-2-3-5-13(12)20-16(21)9-25-17(22)11-6-7-14-15(8-11)26-10-19-14/h2-8,10H,9H2,1H3,(H,20,21). The molecule has 0 radical (unpaired) electrons. The fourth-order valence-corrected chi connectivity index (χ4v) is 2.26. The van der Waals surface area contributed by atoms with E-state index in [1.807, 2.05) is 0 Å². The van der Waals surface area contributed by atoms with Gasteiger partial charge in [-0.1, -0.05) is 12.1 Å². The molecule has 8 heteroatoms. The predicted molar refractivity (Wildman–Crippen MR) is 90.7 cm³/mol. The van der Waals surface area contributed by atoms with E-state index < -0.39 is 24.5 Å². The maximum Gasteiger partial charge on any atom is 0.339 e. The number of amides is 1. The van der Waals surface area contributed by atoms with Gasteiger partial charge in [-0.3, -0.25) is 4.79 Å². The Kier molecular flexibility index (Phi) is 4.93. The topological polar surface area (TPSA) is 108 Å². The number of ether oxygens (including phenoxy) is 2. The molecule has 0 saturated heterocycles. The molecule has 3 aromatic rings. The number of anilines is 1. The SMILES string of the molecule is COC(=O)c1ccccc1NC(=O)COC(=O)c1ccc2ncoc2c1. The van der Waals surface area contributed by atoms with E-state index in [-0.39, 0.29) is 16.8 Å². The highest BCUT2D eigenvalue weighted by atomic mass is 16.5. The number of carbonyl (C=O) groups excluding carboxylic acids is 3. The Labute approximate surface area is 147 Å². The number of carbonyl (C=O) groups is 3. The lowest BCUT2D eigenvalue weighted by atomic mass is 10.2. The van der Waals surface area contributed by atoms with Crippen molar-refractivity contribution in [2.75, 3.05) is 19.0 Å². The fourth-order valence-electron chi connectivity index (χ4n) is 2.26. The van der Waals surface area contributed by atoms with Crippen molar-refractivity contribution >= 4 is 34.6 Å². The number of oxazole rings is 1. The number of methoxy groups -OCH3 is 1. The molecule has 1 amide bonds. The molecular formula is C18H14N2O6. The van der Waals surface area contributed by atoms with Crippen LogP contribution in [0.2, 0.25) is 0 Å². The Balaban J connectivity index is 1.62. The molecule has 0 unspecified atom stereocenters. The Morgan fingerprint density at radius 2 is 1.92 bits per heavy atom. The molecule has 3 rings (SSSR count). The van der Waals surface area contributed by atoms with E-state index in [9.17, 15) is 14.4 Å². The molecule has 0 atom stereocenters. The van der Waals surface area contributed by atoms with E-state index in [0.29, 0.717) is 11.1 Å². The summed E-state index contributed by atoms with van der Waals surface area (Å²) in [5, 5.41) is 2.51. The van der Waals surface area contributed by atoms with Crippen LogP contribution >= 0.6 is 0 Å². The molecular weight excluding hydrogens is 340 g/mol. The van der Waals surface area contributed by atoms with Crippen LogP contribution in [0, 0.1) is 0 Å². The van der Waals surface area contributed by atoms with Crippen molar-refractivity contribution < 1.29 is 28.3 Å². The van der Waals surface area contributed by atoms with Gasteiger partial charge in [0.2, 0.25) is 0 Å². The lowest BCUT2D eigenvalue weighted by molar-refractivity contribution is -0.119. The van der Waals surface area contributed by atoms with Crippen LogP contribution < -0.4 is 5.32 Å². The van der Waals surface area contributed by atoms with E-state index in [1.54, 1.807) is 24.3 Å². The maximum atomic E-state index is 12.1. The molecule has 1 N–H and O–H groups in total. The van der Waals surface area contributed by atoms with Crippen molar-refractivity contribution in [2.45, 2.75) is 0 Å². The molecule has 8 nitrogen and oxygen atoms in total. The van der Waals surface area contributed by atoms with Crippen molar-refractivity contribution in [3.8, 4) is 0 Å².